The molecule has 0 amide bonds. The maximum atomic E-state index is 13.7. The molecule has 0 aliphatic heterocycles. The van der Waals surface area contributed by atoms with Gasteiger partial charge < -0.3 is 0 Å². The van der Waals surface area contributed by atoms with E-state index in [1.165, 1.54) is 12.1 Å². The zero-order valence-corrected chi connectivity index (χ0v) is 12.1. The van der Waals surface area contributed by atoms with Crippen LogP contribution in [0.2, 0.25) is 0 Å². The van der Waals surface area contributed by atoms with Crippen molar-refractivity contribution in [1.82, 2.24) is 0 Å². The van der Waals surface area contributed by atoms with Crippen LogP contribution in [0.1, 0.15) is 37.7 Å². The summed E-state index contributed by atoms with van der Waals surface area (Å²) in [5, 5.41) is 0. The molecule has 0 aromatic heterocycles. The van der Waals surface area contributed by atoms with Crippen molar-refractivity contribution >= 4 is 21.7 Å². The van der Waals surface area contributed by atoms with Gasteiger partial charge in [-0.3, -0.25) is 4.79 Å². The van der Waals surface area contributed by atoms with E-state index in [9.17, 15) is 13.6 Å². The van der Waals surface area contributed by atoms with Crippen LogP contribution in [0.4, 0.5) is 8.78 Å². The molecule has 102 valence electrons. The fourth-order valence-corrected chi connectivity index (χ4v) is 2.68. The molecule has 4 heteroatoms. The summed E-state index contributed by atoms with van der Waals surface area (Å²) in [7, 11) is 0. The number of carbonyl (C=O) groups excluding carboxylic acids is 1. The second-order valence-corrected chi connectivity index (χ2v) is 5.68. The Morgan fingerprint density at radius 1 is 1.21 bits per heavy atom. The Balaban J connectivity index is 2.07. The van der Waals surface area contributed by atoms with Gasteiger partial charge in [-0.1, -0.05) is 11.6 Å². The van der Waals surface area contributed by atoms with Gasteiger partial charge in [-0.05, 0) is 53.7 Å². The second-order valence-electron chi connectivity index (χ2n) is 4.82. The van der Waals surface area contributed by atoms with Crippen LogP contribution in [-0.2, 0) is 11.2 Å². The molecular weight excluding hydrogens is 314 g/mol. The summed E-state index contributed by atoms with van der Waals surface area (Å²) in [6.45, 7) is 0. The Labute approximate surface area is 119 Å². The average molecular weight is 329 g/mol. The third-order valence-corrected chi connectivity index (χ3v) is 3.93. The number of allylic oxidation sites excluding steroid dienone is 2. The molecule has 1 nitrogen and oxygen atoms in total. The van der Waals surface area contributed by atoms with Gasteiger partial charge in [-0.15, -0.1) is 0 Å². The largest absolute Gasteiger partial charge is 0.299 e. The molecule has 2 rings (SSSR count). The van der Waals surface area contributed by atoms with Gasteiger partial charge >= 0.3 is 0 Å². The Hall–Kier alpha value is -1.03. The van der Waals surface area contributed by atoms with Crippen molar-refractivity contribution in [2.24, 2.45) is 0 Å². The molecule has 0 heterocycles. The van der Waals surface area contributed by atoms with Crippen molar-refractivity contribution < 1.29 is 13.6 Å². The van der Waals surface area contributed by atoms with Gasteiger partial charge in [0.1, 0.15) is 17.4 Å². The van der Waals surface area contributed by atoms with E-state index in [1.54, 1.807) is 0 Å². The van der Waals surface area contributed by atoms with E-state index in [0.717, 1.165) is 31.3 Å². The average Bonchev–Trinajstić information content (AvgIpc) is 2.40. The monoisotopic (exact) mass is 328 g/mol. The molecule has 1 aliphatic carbocycles. The van der Waals surface area contributed by atoms with Crippen LogP contribution < -0.4 is 0 Å². The van der Waals surface area contributed by atoms with E-state index in [4.69, 9.17) is 0 Å². The summed E-state index contributed by atoms with van der Waals surface area (Å²) in [6.07, 6.45) is 6.39. The van der Waals surface area contributed by atoms with Crippen LogP contribution in [0.25, 0.3) is 0 Å². The molecule has 1 aromatic carbocycles. The molecule has 0 saturated heterocycles. The Kier molecular flexibility index (Phi) is 4.86. The Bertz CT molecular complexity index is 523. The standard InChI is InChI=1S/C15H15BrF2O/c16-13-6-7-14(17)12(15(13)18)9-11(19)8-10-4-2-1-3-5-10/h4,6-7H,1-3,5,8-9H2. The van der Waals surface area contributed by atoms with Crippen LogP contribution in [0.5, 0.6) is 0 Å². The highest BCUT2D eigenvalue weighted by Gasteiger charge is 2.17. The fourth-order valence-electron chi connectivity index (χ4n) is 2.31. The molecule has 19 heavy (non-hydrogen) atoms. The SMILES string of the molecule is O=C(CC1=CCCCC1)Cc1c(F)ccc(Br)c1F. The molecule has 1 aliphatic rings. The van der Waals surface area contributed by atoms with Crippen LogP contribution in [0.15, 0.2) is 28.3 Å². The van der Waals surface area contributed by atoms with E-state index in [0.29, 0.717) is 6.42 Å². The first-order chi connectivity index (χ1) is 9.08. The highest BCUT2D eigenvalue weighted by atomic mass is 79.9. The summed E-state index contributed by atoms with van der Waals surface area (Å²) in [6, 6.07) is 2.48. The number of benzene rings is 1. The highest BCUT2D eigenvalue weighted by Crippen LogP contribution is 2.24. The summed E-state index contributed by atoms with van der Waals surface area (Å²) in [5.41, 5.74) is 0.961. The van der Waals surface area contributed by atoms with Crippen molar-refractivity contribution in [3.63, 3.8) is 0 Å². The number of carbonyl (C=O) groups is 1. The van der Waals surface area contributed by atoms with Crippen LogP contribution in [0, 0.1) is 11.6 Å². The van der Waals surface area contributed by atoms with Gasteiger partial charge in [0.2, 0.25) is 0 Å². The first-order valence-electron chi connectivity index (χ1n) is 6.40. The molecule has 0 atom stereocenters. The normalized spacial score (nSPS) is 15.2. The maximum absolute atomic E-state index is 13.7. The van der Waals surface area contributed by atoms with Crippen LogP contribution >= 0.6 is 15.9 Å². The Morgan fingerprint density at radius 3 is 2.68 bits per heavy atom. The number of Topliss-reactive ketones (excluding diaryl/α,β-unsaturated/α-hetero) is 1. The molecule has 0 radical (unpaired) electrons. The Morgan fingerprint density at radius 2 is 2.00 bits per heavy atom. The quantitative estimate of drug-likeness (QED) is 0.576. The van der Waals surface area contributed by atoms with Gasteiger partial charge in [0.25, 0.3) is 0 Å². The molecule has 0 saturated carbocycles. The molecule has 0 N–H and O–H groups in total. The number of halogens is 3. The van der Waals surface area contributed by atoms with E-state index >= 15 is 0 Å². The van der Waals surface area contributed by atoms with Crippen molar-refractivity contribution in [3.8, 4) is 0 Å². The van der Waals surface area contributed by atoms with Crippen LogP contribution in [-0.4, -0.2) is 5.78 Å². The second kappa shape index (κ2) is 6.42. The molecule has 0 spiro atoms. The van der Waals surface area contributed by atoms with Crippen molar-refractivity contribution in [2.75, 3.05) is 0 Å². The zero-order valence-electron chi connectivity index (χ0n) is 10.5. The lowest BCUT2D eigenvalue weighted by molar-refractivity contribution is -0.117. The molecule has 1 aromatic rings. The molecule has 0 fully saturated rings. The number of hydrogen-bond acceptors (Lipinski definition) is 1. The molecule has 0 unspecified atom stereocenters. The first-order valence-corrected chi connectivity index (χ1v) is 7.19. The molecular formula is C15H15BrF2O. The van der Waals surface area contributed by atoms with Gasteiger partial charge in [0.05, 0.1) is 4.47 Å². The van der Waals surface area contributed by atoms with E-state index in [-0.39, 0.29) is 22.2 Å². The number of hydrogen-bond donors (Lipinski definition) is 0. The summed E-state index contributed by atoms with van der Waals surface area (Å²) in [4.78, 5) is 11.9. The predicted molar refractivity (Wildman–Crippen MR) is 73.9 cm³/mol. The van der Waals surface area contributed by atoms with E-state index in [1.807, 2.05) is 0 Å². The van der Waals surface area contributed by atoms with Crippen molar-refractivity contribution in [3.05, 3.63) is 45.5 Å². The predicted octanol–water partition coefficient (Wildman–Crippen LogP) is 4.73. The topological polar surface area (TPSA) is 17.1 Å². The lowest BCUT2D eigenvalue weighted by Gasteiger charge is -2.12. The minimum Gasteiger partial charge on any atom is -0.299 e. The third-order valence-electron chi connectivity index (χ3n) is 3.32. The lowest BCUT2D eigenvalue weighted by Crippen LogP contribution is -2.09. The summed E-state index contributed by atoms with van der Waals surface area (Å²) >= 11 is 3.00. The fraction of sp³-hybridized carbons (Fsp3) is 0.400. The lowest BCUT2D eigenvalue weighted by atomic mass is 9.94. The maximum Gasteiger partial charge on any atom is 0.143 e. The number of ketones is 1. The van der Waals surface area contributed by atoms with Crippen molar-refractivity contribution in [1.29, 1.82) is 0 Å². The van der Waals surface area contributed by atoms with Gasteiger partial charge in [-0.25, -0.2) is 8.78 Å². The van der Waals surface area contributed by atoms with Gasteiger partial charge in [0, 0.05) is 18.4 Å². The summed E-state index contributed by atoms with van der Waals surface area (Å²) < 4.78 is 27.5. The minimum absolute atomic E-state index is 0.135. The molecule has 0 bridgehead atoms. The van der Waals surface area contributed by atoms with E-state index in [2.05, 4.69) is 22.0 Å². The van der Waals surface area contributed by atoms with Gasteiger partial charge in [0.15, 0.2) is 0 Å². The smallest absolute Gasteiger partial charge is 0.143 e. The van der Waals surface area contributed by atoms with Crippen molar-refractivity contribution in [2.45, 2.75) is 38.5 Å². The minimum atomic E-state index is -0.675. The van der Waals surface area contributed by atoms with E-state index < -0.39 is 11.6 Å². The summed E-state index contributed by atoms with van der Waals surface area (Å²) in [5.74, 6) is -1.47. The van der Waals surface area contributed by atoms with Gasteiger partial charge in [-0.2, -0.15) is 0 Å². The highest BCUT2D eigenvalue weighted by molar-refractivity contribution is 9.10. The zero-order chi connectivity index (χ0) is 13.8. The number of rotatable bonds is 4. The third kappa shape index (κ3) is 3.72. The first kappa shape index (κ1) is 14.4. The van der Waals surface area contributed by atoms with Crippen LogP contribution in [0.3, 0.4) is 0 Å².